The quantitative estimate of drug-likeness (QED) is 0.826. The normalized spacial score (nSPS) is 18.3. The fourth-order valence-corrected chi connectivity index (χ4v) is 2.67. The van der Waals surface area contributed by atoms with Crippen LogP contribution in [0.2, 0.25) is 0 Å². The predicted molar refractivity (Wildman–Crippen MR) is 94.0 cm³/mol. The van der Waals surface area contributed by atoms with Crippen molar-refractivity contribution in [2.24, 2.45) is 0 Å². The number of fused-ring (bicyclic) bond motifs is 1. The van der Waals surface area contributed by atoms with Crippen LogP contribution in [0.25, 0.3) is 11.2 Å². The molecule has 1 atom stereocenters. The second-order valence-electron chi connectivity index (χ2n) is 6.69. The molecule has 2 aromatic rings. The lowest BCUT2D eigenvalue weighted by Gasteiger charge is -2.33. The minimum atomic E-state index is -0.508. The minimum absolute atomic E-state index is 0. The van der Waals surface area contributed by atoms with Crippen molar-refractivity contribution in [3.8, 4) is 0 Å². The van der Waals surface area contributed by atoms with Gasteiger partial charge in [-0.25, -0.2) is 19.4 Å². The summed E-state index contributed by atoms with van der Waals surface area (Å²) in [5.41, 5.74) is 6.36. The first-order valence-electron chi connectivity index (χ1n) is 7.64. The van der Waals surface area contributed by atoms with E-state index in [9.17, 15) is 4.79 Å². The number of carbonyl (C=O) groups is 1. The van der Waals surface area contributed by atoms with Crippen molar-refractivity contribution in [1.29, 1.82) is 0 Å². The molecule has 24 heavy (non-hydrogen) atoms. The zero-order valence-corrected chi connectivity index (χ0v) is 15.1. The van der Waals surface area contributed by atoms with Gasteiger partial charge in [-0.05, 0) is 33.6 Å². The highest BCUT2D eigenvalue weighted by Gasteiger charge is 2.30. The molecule has 0 saturated carbocycles. The summed E-state index contributed by atoms with van der Waals surface area (Å²) in [7, 11) is 0. The van der Waals surface area contributed by atoms with Gasteiger partial charge in [-0.1, -0.05) is 5.21 Å². The third-order valence-electron chi connectivity index (χ3n) is 3.68. The van der Waals surface area contributed by atoms with Crippen molar-refractivity contribution in [2.45, 2.75) is 45.3 Å². The lowest BCUT2D eigenvalue weighted by molar-refractivity contribution is 0.0168. The number of carbonyl (C=O) groups excluding carboxylic acids is 1. The molecule has 10 heteroatoms. The maximum absolute atomic E-state index is 12.3. The Kier molecular flexibility index (Phi) is 5.16. The Morgan fingerprint density at radius 3 is 2.83 bits per heavy atom. The summed E-state index contributed by atoms with van der Waals surface area (Å²) in [6.45, 7) is 6.76. The topological polar surface area (TPSA) is 112 Å². The fourth-order valence-electron chi connectivity index (χ4n) is 2.67. The van der Waals surface area contributed by atoms with E-state index in [4.69, 9.17) is 10.5 Å². The highest BCUT2D eigenvalue weighted by molar-refractivity contribution is 7.59. The molecule has 0 aromatic carbocycles. The highest BCUT2D eigenvalue weighted by atomic mass is 32.1. The molecule has 2 N–H and O–H groups in total. The summed E-state index contributed by atoms with van der Waals surface area (Å²) in [5.74, 6) is 0.307. The molecular formula is C14H23N7O2S. The molecule has 0 spiro atoms. The largest absolute Gasteiger partial charge is 0.444 e. The molecular weight excluding hydrogens is 330 g/mol. The molecule has 0 unspecified atom stereocenters. The van der Waals surface area contributed by atoms with Gasteiger partial charge >= 0.3 is 6.09 Å². The maximum Gasteiger partial charge on any atom is 0.410 e. The second kappa shape index (κ2) is 6.80. The van der Waals surface area contributed by atoms with Gasteiger partial charge in [-0.2, -0.15) is 13.5 Å². The lowest BCUT2D eigenvalue weighted by atomic mass is 10.1. The van der Waals surface area contributed by atoms with Gasteiger partial charge < -0.3 is 15.4 Å². The van der Waals surface area contributed by atoms with Crippen LogP contribution in [0.15, 0.2) is 6.33 Å². The van der Waals surface area contributed by atoms with Gasteiger partial charge in [0.15, 0.2) is 17.0 Å². The number of nitrogen functional groups attached to an aromatic ring is 1. The Morgan fingerprint density at radius 2 is 2.12 bits per heavy atom. The van der Waals surface area contributed by atoms with E-state index in [0.717, 1.165) is 12.8 Å². The number of nitrogens with zero attached hydrogens (tertiary/aromatic N) is 6. The van der Waals surface area contributed by atoms with Gasteiger partial charge in [0.25, 0.3) is 0 Å². The number of hydrogen-bond acceptors (Lipinski definition) is 7. The number of rotatable bonds is 1. The van der Waals surface area contributed by atoms with Crippen LogP contribution >= 0.6 is 13.5 Å². The number of aromatic nitrogens is 5. The maximum atomic E-state index is 12.3. The van der Waals surface area contributed by atoms with Crippen molar-refractivity contribution in [1.82, 2.24) is 29.9 Å². The standard InChI is InChI=1S/C14H21N7O2.H2S/c1-14(2,3)23-13(22)20-6-4-5-9(7-20)21-12-10(18-19-21)11(15)16-8-17-12;/h8-9H,4-7H2,1-3H3,(H2,15,16,17);1H2/t9-;/m0./s1. The van der Waals surface area contributed by atoms with Crippen LogP contribution in [0, 0.1) is 0 Å². The summed E-state index contributed by atoms with van der Waals surface area (Å²) in [5, 5.41) is 8.20. The fraction of sp³-hybridized carbons (Fsp3) is 0.643. The van der Waals surface area contributed by atoms with E-state index in [0.29, 0.717) is 30.1 Å². The van der Waals surface area contributed by atoms with Crippen molar-refractivity contribution < 1.29 is 9.53 Å². The monoisotopic (exact) mass is 353 g/mol. The number of likely N-dealkylation sites (tertiary alicyclic amines) is 1. The highest BCUT2D eigenvalue weighted by Crippen LogP contribution is 2.25. The van der Waals surface area contributed by atoms with Crippen LogP contribution in [0.4, 0.5) is 10.6 Å². The van der Waals surface area contributed by atoms with Gasteiger partial charge in [-0.15, -0.1) is 5.10 Å². The van der Waals surface area contributed by atoms with Crippen LogP contribution in [0.1, 0.15) is 39.7 Å². The van der Waals surface area contributed by atoms with Crippen molar-refractivity contribution in [3.05, 3.63) is 6.33 Å². The summed E-state index contributed by atoms with van der Waals surface area (Å²) in [4.78, 5) is 22.1. The van der Waals surface area contributed by atoms with Crippen LogP contribution in [0.5, 0.6) is 0 Å². The van der Waals surface area contributed by atoms with E-state index >= 15 is 0 Å². The lowest BCUT2D eigenvalue weighted by Crippen LogP contribution is -2.43. The van der Waals surface area contributed by atoms with E-state index in [-0.39, 0.29) is 25.6 Å². The third kappa shape index (κ3) is 3.69. The molecule has 0 aliphatic carbocycles. The van der Waals surface area contributed by atoms with Crippen molar-refractivity contribution in [3.63, 3.8) is 0 Å². The van der Waals surface area contributed by atoms with Crippen LogP contribution in [-0.2, 0) is 4.74 Å². The number of ether oxygens (including phenoxy) is 1. The Morgan fingerprint density at radius 1 is 1.38 bits per heavy atom. The van der Waals surface area contributed by atoms with Gasteiger partial charge in [0.1, 0.15) is 11.9 Å². The second-order valence-corrected chi connectivity index (χ2v) is 6.69. The average molecular weight is 353 g/mol. The van der Waals surface area contributed by atoms with E-state index in [1.165, 1.54) is 6.33 Å². The van der Waals surface area contributed by atoms with Crippen LogP contribution in [-0.4, -0.2) is 54.6 Å². The molecule has 1 aliphatic heterocycles. The number of anilines is 1. The Bertz CT molecular complexity index is 727. The average Bonchev–Trinajstić information content (AvgIpc) is 2.91. The van der Waals surface area contributed by atoms with E-state index in [1.54, 1.807) is 9.58 Å². The Labute approximate surface area is 147 Å². The summed E-state index contributed by atoms with van der Waals surface area (Å²) in [6.07, 6.45) is 2.85. The molecule has 3 heterocycles. The SMILES string of the molecule is CC(C)(C)OC(=O)N1CCC[C@H](n2nnc3c(N)ncnc32)C1.S. The molecule has 0 bridgehead atoms. The van der Waals surface area contributed by atoms with Gasteiger partial charge in [-0.3, -0.25) is 0 Å². The first-order chi connectivity index (χ1) is 10.8. The van der Waals surface area contributed by atoms with E-state index < -0.39 is 5.60 Å². The summed E-state index contributed by atoms with van der Waals surface area (Å²) >= 11 is 0. The molecule has 9 nitrogen and oxygen atoms in total. The molecule has 1 amide bonds. The predicted octanol–water partition coefficient (Wildman–Crippen LogP) is 1.49. The molecule has 1 saturated heterocycles. The zero-order valence-electron chi connectivity index (χ0n) is 14.1. The van der Waals surface area contributed by atoms with Crippen LogP contribution in [0.3, 0.4) is 0 Å². The zero-order chi connectivity index (χ0) is 16.6. The Balaban J connectivity index is 0.00000208. The minimum Gasteiger partial charge on any atom is -0.444 e. The number of piperidine rings is 1. The first kappa shape index (κ1) is 18.2. The van der Waals surface area contributed by atoms with Gasteiger partial charge in [0.2, 0.25) is 0 Å². The number of nitrogens with two attached hydrogens (primary N) is 1. The first-order valence-corrected chi connectivity index (χ1v) is 7.64. The molecule has 3 rings (SSSR count). The van der Waals surface area contributed by atoms with Crippen LogP contribution < -0.4 is 5.73 Å². The van der Waals surface area contributed by atoms with Crippen molar-refractivity contribution in [2.75, 3.05) is 18.8 Å². The Hall–Kier alpha value is -2.10. The smallest absolute Gasteiger partial charge is 0.410 e. The van der Waals surface area contributed by atoms with Gasteiger partial charge in [0.05, 0.1) is 6.04 Å². The van der Waals surface area contributed by atoms with Crippen molar-refractivity contribution >= 4 is 36.6 Å². The number of hydrogen-bond donors (Lipinski definition) is 1. The molecule has 132 valence electrons. The summed E-state index contributed by atoms with van der Waals surface area (Å²) < 4.78 is 7.17. The molecule has 2 aromatic heterocycles. The third-order valence-corrected chi connectivity index (χ3v) is 3.68. The molecule has 1 aliphatic rings. The molecule has 1 fully saturated rings. The number of amides is 1. The van der Waals surface area contributed by atoms with E-state index in [1.807, 2.05) is 20.8 Å². The molecule has 0 radical (unpaired) electrons. The summed E-state index contributed by atoms with van der Waals surface area (Å²) in [6, 6.07) is -0.00410. The van der Waals surface area contributed by atoms with Gasteiger partial charge in [0, 0.05) is 13.1 Å². The van der Waals surface area contributed by atoms with E-state index in [2.05, 4.69) is 20.3 Å².